The molecule has 0 aliphatic carbocycles. The van der Waals surface area contributed by atoms with Crippen molar-refractivity contribution in [1.29, 1.82) is 0 Å². The Bertz CT molecular complexity index is 1070. The maximum atomic E-state index is 12.9. The fraction of sp³-hybridized carbons (Fsp3) is 0.316. The molecule has 0 spiro atoms. The lowest BCUT2D eigenvalue weighted by Gasteiger charge is -2.17. The molecular weight excluding hydrogens is 352 g/mol. The molecule has 1 amide bonds. The molecule has 0 atom stereocenters. The zero-order valence-corrected chi connectivity index (χ0v) is 15.2. The van der Waals surface area contributed by atoms with Gasteiger partial charge in [0.2, 0.25) is 5.91 Å². The van der Waals surface area contributed by atoms with E-state index in [1.54, 1.807) is 33.4 Å². The molecule has 1 aromatic carbocycles. The summed E-state index contributed by atoms with van der Waals surface area (Å²) in [6, 6.07) is 8.86. The van der Waals surface area contributed by atoms with Crippen molar-refractivity contribution in [3.63, 3.8) is 0 Å². The highest BCUT2D eigenvalue weighted by Gasteiger charge is 2.19. The summed E-state index contributed by atoms with van der Waals surface area (Å²) in [6.45, 7) is 2.63. The molecule has 134 valence electrons. The van der Waals surface area contributed by atoms with Gasteiger partial charge in [-0.25, -0.2) is 4.98 Å². The normalized spacial score (nSPS) is 13.6. The third kappa shape index (κ3) is 3.01. The van der Waals surface area contributed by atoms with E-state index in [1.165, 1.54) is 0 Å². The number of carbonyl (C=O) groups is 1. The van der Waals surface area contributed by atoms with E-state index < -0.39 is 0 Å². The molecular formula is C19H19ClN4O2. The van der Waals surface area contributed by atoms with Gasteiger partial charge >= 0.3 is 0 Å². The van der Waals surface area contributed by atoms with Gasteiger partial charge in [0.1, 0.15) is 17.9 Å². The van der Waals surface area contributed by atoms with Gasteiger partial charge in [-0.2, -0.15) is 0 Å². The second kappa shape index (κ2) is 6.61. The average molecular weight is 371 g/mol. The Morgan fingerprint density at radius 1 is 1.31 bits per heavy atom. The van der Waals surface area contributed by atoms with E-state index in [-0.39, 0.29) is 18.0 Å². The largest absolute Gasteiger partial charge is 0.330 e. The average Bonchev–Trinajstić information content (AvgIpc) is 2.90. The van der Waals surface area contributed by atoms with Crippen LogP contribution in [0.3, 0.4) is 0 Å². The summed E-state index contributed by atoms with van der Waals surface area (Å²) in [4.78, 5) is 30.1. The number of nitrogens with zero attached hydrogens (tertiary/aromatic N) is 3. The number of amides is 1. The molecule has 3 heterocycles. The molecule has 6 nitrogen and oxygen atoms in total. The van der Waals surface area contributed by atoms with Crippen LogP contribution in [0.4, 0.5) is 5.69 Å². The van der Waals surface area contributed by atoms with Gasteiger partial charge in [-0.05, 0) is 44.0 Å². The van der Waals surface area contributed by atoms with Crippen molar-refractivity contribution in [2.75, 3.05) is 5.32 Å². The summed E-state index contributed by atoms with van der Waals surface area (Å²) < 4.78 is 3.49. The molecule has 2 aromatic heterocycles. The number of fused-ring (bicyclic) bond motifs is 2. The highest BCUT2D eigenvalue weighted by atomic mass is 35.5. The van der Waals surface area contributed by atoms with Crippen LogP contribution in [-0.4, -0.2) is 20.0 Å². The van der Waals surface area contributed by atoms with Crippen molar-refractivity contribution in [1.82, 2.24) is 14.1 Å². The van der Waals surface area contributed by atoms with E-state index in [9.17, 15) is 9.59 Å². The second-order valence-corrected chi connectivity index (χ2v) is 7.04. The first-order valence-electron chi connectivity index (χ1n) is 8.68. The Hall–Kier alpha value is -2.60. The molecule has 0 saturated carbocycles. The standard InChI is InChI=1S/C19H19ClN4O2/c1-12-9-15-18(19(26)23-8-3-2-7-16(23)22-15)24(12)11-17(25)21-14-6-4-5-13(20)10-14/h4-6,9-10H,2-3,7-8,11H2,1H3,(H,21,25). The highest BCUT2D eigenvalue weighted by Crippen LogP contribution is 2.19. The Labute approximate surface area is 155 Å². The van der Waals surface area contributed by atoms with Gasteiger partial charge in [0.25, 0.3) is 5.56 Å². The van der Waals surface area contributed by atoms with Crippen LogP contribution in [0, 0.1) is 6.92 Å². The SMILES string of the molecule is Cc1cc2nc3n(c(=O)c2n1CC(=O)Nc1cccc(Cl)c1)CCCC3. The van der Waals surface area contributed by atoms with Gasteiger partial charge in [0.05, 0.1) is 5.52 Å². The van der Waals surface area contributed by atoms with Crippen LogP contribution in [0.15, 0.2) is 35.1 Å². The molecule has 7 heteroatoms. The Kier molecular flexibility index (Phi) is 4.28. The first kappa shape index (κ1) is 16.8. The smallest absolute Gasteiger partial charge is 0.278 e. The van der Waals surface area contributed by atoms with Crippen LogP contribution in [0.1, 0.15) is 24.4 Å². The van der Waals surface area contributed by atoms with E-state index in [2.05, 4.69) is 10.3 Å². The molecule has 1 aliphatic rings. The zero-order valence-electron chi connectivity index (χ0n) is 14.5. The van der Waals surface area contributed by atoms with Crippen LogP contribution in [0.5, 0.6) is 0 Å². The lowest BCUT2D eigenvalue weighted by atomic mass is 10.1. The lowest BCUT2D eigenvalue weighted by molar-refractivity contribution is -0.116. The minimum Gasteiger partial charge on any atom is -0.330 e. The predicted molar refractivity (Wildman–Crippen MR) is 102 cm³/mol. The van der Waals surface area contributed by atoms with E-state index in [0.29, 0.717) is 28.3 Å². The Morgan fingerprint density at radius 3 is 2.96 bits per heavy atom. The quantitative estimate of drug-likeness (QED) is 0.770. The second-order valence-electron chi connectivity index (χ2n) is 6.61. The first-order valence-corrected chi connectivity index (χ1v) is 9.06. The third-order valence-electron chi connectivity index (χ3n) is 4.73. The molecule has 0 unspecified atom stereocenters. The number of aryl methyl sites for hydroxylation is 2. The lowest BCUT2D eigenvalue weighted by Crippen LogP contribution is -2.30. The van der Waals surface area contributed by atoms with Gasteiger partial charge in [0, 0.05) is 29.4 Å². The van der Waals surface area contributed by atoms with Gasteiger partial charge < -0.3 is 9.88 Å². The van der Waals surface area contributed by atoms with Crippen molar-refractivity contribution in [3.05, 3.63) is 57.2 Å². The Morgan fingerprint density at radius 2 is 2.15 bits per heavy atom. The molecule has 1 aliphatic heterocycles. The maximum absolute atomic E-state index is 12.9. The molecule has 4 rings (SSSR count). The van der Waals surface area contributed by atoms with Crippen molar-refractivity contribution in [2.45, 2.75) is 39.3 Å². The summed E-state index contributed by atoms with van der Waals surface area (Å²) in [6.07, 6.45) is 2.86. The van der Waals surface area contributed by atoms with E-state index >= 15 is 0 Å². The van der Waals surface area contributed by atoms with Crippen LogP contribution >= 0.6 is 11.6 Å². The fourth-order valence-electron chi connectivity index (χ4n) is 3.50. The van der Waals surface area contributed by atoms with Crippen molar-refractivity contribution in [2.24, 2.45) is 0 Å². The fourth-order valence-corrected chi connectivity index (χ4v) is 3.69. The summed E-state index contributed by atoms with van der Waals surface area (Å²) in [7, 11) is 0. The number of aromatic nitrogens is 3. The number of benzene rings is 1. The number of carbonyl (C=O) groups excluding carboxylic acids is 1. The molecule has 1 N–H and O–H groups in total. The molecule has 0 fully saturated rings. The number of hydrogen-bond acceptors (Lipinski definition) is 3. The van der Waals surface area contributed by atoms with Gasteiger partial charge in [0.15, 0.2) is 0 Å². The molecule has 0 bridgehead atoms. The number of rotatable bonds is 3. The number of anilines is 1. The van der Waals surface area contributed by atoms with E-state index in [1.807, 2.05) is 13.0 Å². The summed E-state index contributed by atoms with van der Waals surface area (Å²) >= 11 is 5.95. The van der Waals surface area contributed by atoms with Crippen LogP contribution in [0.25, 0.3) is 11.0 Å². The van der Waals surface area contributed by atoms with Gasteiger partial charge in [-0.1, -0.05) is 17.7 Å². The van der Waals surface area contributed by atoms with E-state index in [0.717, 1.165) is 30.8 Å². The Balaban J connectivity index is 1.69. The van der Waals surface area contributed by atoms with E-state index in [4.69, 9.17) is 11.6 Å². The minimum atomic E-state index is -0.213. The molecule has 0 radical (unpaired) electrons. The maximum Gasteiger partial charge on any atom is 0.278 e. The molecule has 26 heavy (non-hydrogen) atoms. The molecule has 3 aromatic rings. The van der Waals surface area contributed by atoms with Crippen molar-refractivity contribution in [3.8, 4) is 0 Å². The molecule has 0 saturated heterocycles. The topological polar surface area (TPSA) is 68.9 Å². The monoisotopic (exact) mass is 370 g/mol. The van der Waals surface area contributed by atoms with Crippen LogP contribution in [-0.2, 0) is 24.3 Å². The third-order valence-corrected chi connectivity index (χ3v) is 4.97. The minimum absolute atomic E-state index is 0.0537. The first-order chi connectivity index (χ1) is 12.5. The number of nitrogens with one attached hydrogen (secondary N) is 1. The van der Waals surface area contributed by atoms with Crippen LogP contribution < -0.4 is 10.9 Å². The van der Waals surface area contributed by atoms with Gasteiger partial charge in [-0.15, -0.1) is 0 Å². The van der Waals surface area contributed by atoms with Crippen molar-refractivity contribution >= 4 is 34.2 Å². The number of hydrogen-bond donors (Lipinski definition) is 1. The summed E-state index contributed by atoms with van der Waals surface area (Å²) in [5.74, 6) is 0.629. The number of halogens is 1. The zero-order chi connectivity index (χ0) is 18.3. The predicted octanol–water partition coefficient (Wildman–Crippen LogP) is 3.13. The van der Waals surface area contributed by atoms with Crippen LogP contribution in [0.2, 0.25) is 5.02 Å². The highest BCUT2D eigenvalue weighted by molar-refractivity contribution is 6.30. The summed E-state index contributed by atoms with van der Waals surface area (Å²) in [5, 5.41) is 3.38. The summed E-state index contributed by atoms with van der Waals surface area (Å²) in [5.41, 5.74) is 2.57. The van der Waals surface area contributed by atoms with Crippen molar-refractivity contribution < 1.29 is 4.79 Å². The van der Waals surface area contributed by atoms with Gasteiger partial charge in [-0.3, -0.25) is 14.2 Å².